The van der Waals surface area contributed by atoms with Gasteiger partial charge < -0.3 is 19.7 Å². The molecule has 1 atom stereocenters. The van der Waals surface area contributed by atoms with Crippen LogP contribution in [0.4, 0.5) is 0 Å². The second-order valence-corrected chi connectivity index (χ2v) is 5.74. The lowest BCUT2D eigenvalue weighted by atomic mass is 10.1. The first kappa shape index (κ1) is 15.7. The minimum atomic E-state index is -1.15. The number of phenols is 1. The van der Waals surface area contributed by atoms with E-state index in [0.29, 0.717) is 35.3 Å². The number of carboxylic acids is 1. The lowest BCUT2D eigenvalue weighted by Crippen LogP contribution is -2.33. The Bertz CT molecular complexity index is 574. The highest BCUT2D eigenvalue weighted by Gasteiger charge is 2.39. The van der Waals surface area contributed by atoms with Crippen molar-refractivity contribution in [2.24, 2.45) is 4.99 Å². The maximum Gasteiger partial charge on any atom is 0.332 e. The summed E-state index contributed by atoms with van der Waals surface area (Å²) in [5, 5.41) is 19.9. The van der Waals surface area contributed by atoms with Gasteiger partial charge in [-0.25, -0.2) is 4.79 Å². The summed E-state index contributed by atoms with van der Waals surface area (Å²) in [5.41, 5.74) is -0.667. The molecule has 0 unspecified atom stereocenters. The summed E-state index contributed by atoms with van der Waals surface area (Å²) in [7, 11) is 1.57. The van der Waals surface area contributed by atoms with Crippen molar-refractivity contribution in [3.05, 3.63) is 23.8 Å². The fraction of sp³-hybridized carbons (Fsp3) is 0.429. The summed E-state index contributed by atoms with van der Waals surface area (Å²) in [6.45, 7) is 2.29. The van der Waals surface area contributed by atoms with Crippen LogP contribution in [0.2, 0.25) is 0 Å². The van der Waals surface area contributed by atoms with Gasteiger partial charge in [0.25, 0.3) is 0 Å². The summed E-state index contributed by atoms with van der Waals surface area (Å²) in [6.07, 6.45) is 0. The number of ether oxygens (including phenoxy) is 2. The summed E-state index contributed by atoms with van der Waals surface area (Å²) in [4.78, 5) is 15.4. The molecule has 1 aromatic rings. The average molecular weight is 311 g/mol. The first-order valence-corrected chi connectivity index (χ1v) is 7.36. The van der Waals surface area contributed by atoms with Crippen molar-refractivity contribution >= 4 is 22.8 Å². The topological polar surface area (TPSA) is 88.4 Å². The number of rotatable bonds is 6. The van der Waals surface area contributed by atoms with Crippen LogP contribution >= 0.6 is 11.8 Å². The third kappa shape index (κ3) is 3.30. The lowest BCUT2D eigenvalue weighted by Gasteiger charge is -2.12. The fourth-order valence-corrected chi connectivity index (χ4v) is 2.98. The van der Waals surface area contributed by atoms with Crippen LogP contribution in [0.15, 0.2) is 23.2 Å². The quantitative estimate of drug-likeness (QED) is 0.778. The minimum absolute atomic E-state index is 0.0329. The number of aliphatic carboxylic acids is 1. The molecule has 1 heterocycles. The second-order valence-electron chi connectivity index (χ2n) is 4.78. The van der Waals surface area contributed by atoms with Gasteiger partial charge in [0.05, 0.1) is 12.2 Å². The molecule has 7 heteroatoms. The first-order chi connectivity index (χ1) is 9.98. The molecule has 1 aromatic carbocycles. The molecule has 0 bridgehead atoms. The maximum absolute atomic E-state index is 11.2. The number of hydrogen-bond acceptors (Lipinski definition) is 6. The number of hydrogen-bond donors (Lipinski definition) is 2. The largest absolute Gasteiger partial charge is 0.504 e. The van der Waals surface area contributed by atoms with Crippen molar-refractivity contribution in [1.29, 1.82) is 0 Å². The molecule has 0 aromatic heterocycles. The highest BCUT2D eigenvalue weighted by molar-refractivity contribution is 8.14. The standard InChI is InChI=1S/C14H17NO5S/c1-14(13(17)18)8-21-12(15-14)9-4-3-5-10(11(9)16)20-7-6-19-2/h3-5,16H,6-8H2,1-2H3,(H,17,18)/t14-/m1/s1. The molecule has 0 aliphatic carbocycles. The zero-order chi connectivity index (χ0) is 15.5. The Morgan fingerprint density at radius 1 is 1.48 bits per heavy atom. The average Bonchev–Trinajstić information content (AvgIpc) is 2.85. The van der Waals surface area contributed by atoms with E-state index in [1.807, 2.05) is 0 Å². The number of aliphatic imine (C=N–C) groups is 1. The van der Waals surface area contributed by atoms with Crippen molar-refractivity contribution in [2.75, 3.05) is 26.1 Å². The molecule has 2 rings (SSSR count). The van der Waals surface area contributed by atoms with Crippen molar-refractivity contribution in [1.82, 2.24) is 0 Å². The van der Waals surface area contributed by atoms with Gasteiger partial charge in [-0.2, -0.15) is 0 Å². The fourth-order valence-electron chi connectivity index (χ4n) is 1.79. The number of carboxylic acid groups (broad SMARTS) is 1. The molecule has 0 spiro atoms. The number of methoxy groups -OCH3 is 1. The minimum Gasteiger partial charge on any atom is -0.504 e. The molecule has 0 amide bonds. The number of para-hydroxylation sites is 1. The molecule has 114 valence electrons. The van der Waals surface area contributed by atoms with E-state index in [2.05, 4.69) is 4.99 Å². The molecular formula is C14H17NO5S. The molecule has 6 nitrogen and oxygen atoms in total. The van der Waals surface area contributed by atoms with Crippen LogP contribution in [0, 0.1) is 0 Å². The highest BCUT2D eigenvalue weighted by Crippen LogP contribution is 2.37. The number of benzene rings is 1. The van der Waals surface area contributed by atoms with Crippen molar-refractivity contribution < 1.29 is 24.5 Å². The number of aromatic hydroxyl groups is 1. The molecule has 0 saturated heterocycles. The van der Waals surface area contributed by atoms with Gasteiger partial charge in [-0.15, -0.1) is 11.8 Å². The van der Waals surface area contributed by atoms with E-state index < -0.39 is 11.5 Å². The van der Waals surface area contributed by atoms with Crippen LogP contribution in [0.3, 0.4) is 0 Å². The third-order valence-corrected chi connectivity index (χ3v) is 4.36. The molecule has 0 saturated carbocycles. The van der Waals surface area contributed by atoms with Gasteiger partial charge in [0.15, 0.2) is 17.0 Å². The SMILES string of the molecule is COCCOc1cccc(C2=N[C@@](C)(C(=O)O)CS2)c1O. The smallest absolute Gasteiger partial charge is 0.332 e. The van der Waals surface area contributed by atoms with Gasteiger partial charge in [0.2, 0.25) is 0 Å². The van der Waals surface area contributed by atoms with Crippen molar-refractivity contribution in [3.8, 4) is 11.5 Å². The number of carbonyl (C=O) groups is 1. The lowest BCUT2D eigenvalue weighted by molar-refractivity contribution is -0.141. The summed E-state index contributed by atoms with van der Waals surface area (Å²) in [5.74, 6) is -0.338. The Morgan fingerprint density at radius 2 is 2.24 bits per heavy atom. The van der Waals surface area contributed by atoms with E-state index in [4.69, 9.17) is 9.47 Å². The highest BCUT2D eigenvalue weighted by atomic mass is 32.2. The monoisotopic (exact) mass is 311 g/mol. The number of nitrogens with zero attached hydrogens (tertiary/aromatic N) is 1. The van der Waals surface area contributed by atoms with E-state index in [0.717, 1.165) is 0 Å². The van der Waals surface area contributed by atoms with Gasteiger partial charge in [0.1, 0.15) is 11.7 Å². The summed E-state index contributed by atoms with van der Waals surface area (Å²) >= 11 is 1.31. The predicted molar refractivity (Wildman–Crippen MR) is 80.5 cm³/mol. The van der Waals surface area contributed by atoms with Gasteiger partial charge in [-0.1, -0.05) is 6.07 Å². The summed E-state index contributed by atoms with van der Waals surface area (Å²) < 4.78 is 10.3. The van der Waals surface area contributed by atoms with E-state index in [1.165, 1.54) is 11.8 Å². The van der Waals surface area contributed by atoms with Crippen LogP contribution < -0.4 is 4.74 Å². The summed E-state index contributed by atoms with van der Waals surface area (Å²) in [6, 6.07) is 5.07. The number of thioether (sulfide) groups is 1. The molecule has 0 fully saturated rings. The van der Waals surface area contributed by atoms with Crippen molar-refractivity contribution in [2.45, 2.75) is 12.5 Å². The van der Waals surface area contributed by atoms with Gasteiger partial charge in [-0.3, -0.25) is 4.99 Å². The van der Waals surface area contributed by atoms with E-state index in [9.17, 15) is 15.0 Å². The van der Waals surface area contributed by atoms with Crippen LogP contribution in [0.25, 0.3) is 0 Å². The van der Waals surface area contributed by atoms with E-state index in [1.54, 1.807) is 32.2 Å². The zero-order valence-corrected chi connectivity index (χ0v) is 12.6. The molecule has 1 aliphatic heterocycles. The molecule has 21 heavy (non-hydrogen) atoms. The normalized spacial score (nSPS) is 21.1. The Balaban J connectivity index is 2.25. The second kappa shape index (κ2) is 6.36. The molecule has 1 aliphatic rings. The Labute approximate surface area is 126 Å². The Kier molecular flexibility index (Phi) is 4.74. The predicted octanol–water partition coefficient (Wildman–Crippen LogP) is 1.75. The van der Waals surface area contributed by atoms with Crippen LogP contribution in [-0.4, -0.2) is 52.8 Å². The third-order valence-electron chi connectivity index (χ3n) is 3.07. The van der Waals surface area contributed by atoms with Gasteiger partial charge >= 0.3 is 5.97 Å². The number of phenolic OH excluding ortho intramolecular Hbond substituents is 1. The Hall–Kier alpha value is -1.73. The first-order valence-electron chi connectivity index (χ1n) is 6.38. The van der Waals surface area contributed by atoms with E-state index >= 15 is 0 Å². The van der Waals surface area contributed by atoms with Crippen LogP contribution in [0.5, 0.6) is 11.5 Å². The zero-order valence-electron chi connectivity index (χ0n) is 11.8. The van der Waals surface area contributed by atoms with Crippen molar-refractivity contribution in [3.63, 3.8) is 0 Å². The van der Waals surface area contributed by atoms with Gasteiger partial charge in [0, 0.05) is 12.9 Å². The van der Waals surface area contributed by atoms with Crippen LogP contribution in [0.1, 0.15) is 12.5 Å². The molecular weight excluding hydrogens is 294 g/mol. The molecule has 0 radical (unpaired) electrons. The van der Waals surface area contributed by atoms with E-state index in [-0.39, 0.29) is 5.75 Å². The molecule has 2 N–H and O–H groups in total. The van der Waals surface area contributed by atoms with Crippen LogP contribution in [-0.2, 0) is 9.53 Å². The maximum atomic E-state index is 11.2. The Morgan fingerprint density at radius 3 is 2.86 bits per heavy atom. The van der Waals surface area contributed by atoms with Gasteiger partial charge in [-0.05, 0) is 19.1 Å².